The molecule has 1 saturated heterocycles. The van der Waals surface area contributed by atoms with Gasteiger partial charge in [-0.15, -0.1) is 0 Å². The van der Waals surface area contributed by atoms with E-state index in [0.717, 1.165) is 12.0 Å². The Kier molecular flexibility index (Phi) is 7.91. The zero-order valence-corrected chi connectivity index (χ0v) is 22.8. The van der Waals surface area contributed by atoms with Crippen molar-refractivity contribution in [1.82, 2.24) is 9.88 Å². The summed E-state index contributed by atoms with van der Waals surface area (Å²) in [7, 11) is 1.54. The molecule has 0 radical (unpaired) electrons. The summed E-state index contributed by atoms with van der Waals surface area (Å²) in [6, 6.07) is 12.9. The number of aromatic nitrogens is 1. The summed E-state index contributed by atoms with van der Waals surface area (Å²) < 4.78 is 22.8. The first kappa shape index (κ1) is 27.1. The number of aliphatic hydroxyl groups excluding tert-OH is 1. The molecule has 1 atom stereocenters. The van der Waals surface area contributed by atoms with Gasteiger partial charge < -0.3 is 29.0 Å². The molecule has 2 aromatic carbocycles. The van der Waals surface area contributed by atoms with Crippen LogP contribution in [0.1, 0.15) is 43.0 Å². The van der Waals surface area contributed by atoms with Crippen LogP contribution in [-0.4, -0.2) is 53.6 Å². The molecule has 3 aromatic rings. The first-order valence-corrected chi connectivity index (χ1v) is 13.3. The minimum absolute atomic E-state index is 0.0268. The van der Waals surface area contributed by atoms with Gasteiger partial charge in [-0.1, -0.05) is 26.0 Å². The third kappa shape index (κ3) is 5.45. The maximum atomic E-state index is 13.5. The van der Waals surface area contributed by atoms with Crippen LogP contribution in [0, 0.1) is 5.92 Å². The first-order chi connectivity index (χ1) is 19.4. The van der Waals surface area contributed by atoms with Crippen molar-refractivity contribution in [1.29, 1.82) is 0 Å². The van der Waals surface area contributed by atoms with E-state index in [1.807, 2.05) is 6.07 Å². The number of Topliss-reactive ketones (excluding diaryl/α,β-unsaturated/α-hetero) is 1. The lowest BCUT2D eigenvalue weighted by Crippen LogP contribution is -2.29. The van der Waals surface area contributed by atoms with Crippen molar-refractivity contribution in [2.45, 2.75) is 32.9 Å². The number of likely N-dealkylation sites (tertiary alicyclic amines) is 1. The molecule has 208 valence electrons. The Morgan fingerprint density at radius 3 is 2.60 bits per heavy atom. The van der Waals surface area contributed by atoms with E-state index in [-0.39, 0.29) is 17.9 Å². The number of ketones is 1. The molecular weight excluding hydrogens is 512 g/mol. The fraction of sp³-hybridized carbons (Fsp3) is 0.323. The van der Waals surface area contributed by atoms with E-state index < -0.39 is 17.7 Å². The highest BCUT2D eigenvalue weighted by Gasteiger charge is 2.46. The van der Waals surface area contributed by atoms with Gasteiger partial charge >= 0.3 is 0 Å². The lowest BCUT2D eigenvalue weighted by Gasteiger charge is -2.26. The number of benzene rings is 2. The van der Waals surface area contributed by atoms with E-state index in [4.69, 9.17) is 18.9 Å². The molecule has 0 spiro atoms. The van der Waals surface area contributed by atoms with Crippen LogP contribution in [0.4, 0.5) is 0 Å². The summed E-state index contributed by atoms with van der Waals surface area (Å²) in [4.78, 5) is 32.5. The average Bonchev–Trinajstić information content (AvgIpc) is 3.22. The summed E-state index contributed by atoms with van der Waals surface area (Å²) in [6.45, 7) is 5.69. The second-order valence-electron chi connectivity index (χ2n) is 10.1. The van der Waals surface area contributed by atoms with Gasteiger partial charge in [-0.05, 0) is 59.9 Å². The summed E-state index contributed by atoms with van der Waals surface area (Å²) in [5.74, 6) is 0.718. The molecule has 9 nitrogen and oxygen atoms in total. The van der Waals surface area contributed by atoms with E-state index in [9.17, 15) is 14.7 Å². The molecule has 0 aliphatic carbocycles. The van der Waals surface area contributed by atoms with E-state index in [1.165, 1.54) is 12.0 Å². The Morgan fingerprint density at radius 1 is 1.07 bits per heavy atom. The Morgan fingerprint density at radius 2 is 1.88 bits per heavy atom. The molecule has 1 aromatic heterocycles. The number of nitrogens with zero attached hydrogens (tertiary/aromatic N) is 2. The molecule has 40 heavy (non-hydrogen) atoms. The quantitative estimate of drug-likeness (QED) is 0.230. The minimum Gasteiger partial charge on any atom is -0.507 e. The maximum absolute atomic E-state index is 13.5. The lowest BCUT2D eigenvalue weighted by atomic mass is 9.94. The average molecular weight is 545 g/mol. The molecule has 2 aliphatic rings. The number of hydrogen-bond acceptors (Lipinski definition) is 8. The summed E-state index contributed by atoms with van der Waals surface area (Å²) in [5, 5.41) is 11.5. The Hall–Kier alpha value is -4.53. The maximum Gasteiger partial charge on any atom is 0.295 e. The normalized spacial score (nSPS) is 17.8. The van der Waals surface area contributed by atoms with Crippen molar-refractivity contribution >= 4 is 17.4 Å². The molecule has 2 aliphatic heterocycles. The predicted octanol–water partition coefficient (Wildman–Crippen LogP) is 4.91. The van der Waals surface area contributed by atoms with Gasteiger partial charge in [-0.3, -0.25) is 14.6 Å². The lowest BCUT2D eigenvalue weighted by molar-refractivity contribution is -0.140. The van der Waals surface area contributed by atoms with Crippen molar-refractivity contribution in [3.8, 4) is 23.0 Å². The zero-order valence-electron chi connectivity index (χ0n) is 22.8. The van der Waals surface area contributed by atoms with Crippen LogP contribution in [0.25, 0.3) is 5.76 Å². The fourth-order valence-electron chi connectivity index (χ4n) is 4.80. The summed E-state index contributed by atoms with van der Waals surface area (Å²) in [5.41, 5.74) is 1.65. The van der Waals surface area contributed by atoms with Gasteiger partial charge in [-0.2, -0.15) is 0 Å². The van der Waals surface area contributed by atoms with E-state index in [1.54, 1.807) is 54.9 Å². The molecule has 1 amide bonds. The van der Waals surface area contributed by atoms with Crippen molar-refractivity contribution in [2.75, 3.05) is 26.9 Å². The number of carbonyl (C=O) groups excluding carboxylic acids is 2. The number of aliphatic hydroxyl groups is 1. The number of amides is 1. The second-order valence-corrected chi connectivity index (χ2v) is 10.1. The number of methoxy groups -OCH3 is 1. The molecule has 9 heteroatoms. The van der Waals surface area contributed by atoms with Gasteiger partial charge in [0.15, 0.2) is 23.0 Å². The van der Waals surface area contributed by atoms with Crippen LogP contribution in [0.3, 0.4) is 0 Å². The van der Waals surface area contributed by atoms with Gasteiger partial charge in [0.2, 0.25) is 0 Å². The van der Waals surface area contributed by atoms with Gasteiger partial charge in [0.25, 0.3) is 11.7 Å². The molecule has 0 saturated carbocycles. The summed E-state index contributed by atoms with van der Waals surface area (Å²) in [6.07, 6.45) is 4.16. The number of pyridine rings is 1. The molecule has 1 N–H and O–H groups in total. The van der Waals surface area contributed by atoms with Gasteiger partial charge in [0.05, 0.1) is 25.3 Å². The Bertz CT molecular complexity index is 1430. The highest BCUT2D eigenvalue weighted by molar-refractivity contribution is 6.46. The minimum atomic E-state index is -0.882. The number of hydrogen-bond donors (Lipinski definition) is 1. The smallest absolute Gasteiger partial charge is 0.295 e. The van der Waals surface area contributed by atoms with Crippen molar-refractivity contribution in [3.05, 3.63) is 83.2 Å². The standard InChI is InChI=1S/C31H32N2O7/c1-19(2)10-12-38-23-8-6-21(15-25(23)37-3)28-27(29(34)22-7-9-24-26(16-22)40-14-13-39-24)30(35)31(36)33(28)18-20-5-4-11-32-17-20/h4-9,11,15-17,19,28,34H,10,12-14,18H2,1-3H3/b29-27+. The van der Waals surface area contributed by atoms with Crippen LogP contribution in [0.2, 0.25) is 0 Å². The molecular formula is C31H32N2O7. The topological polar surface area (TPSA) is 107 Å². The van der Waals surface area contributed by atoms with Crippen LogP contribution in [0.15, 0.2) is 66.5 Å². The van der Waals surface area contributed by atoms with Crippen LogP contribution < -0.4 is 18.9 Å². The van der Waals surface area contributed by atoms with Crippen molar-refractivity contribution in [3.63, 3.8) is 0 Å². The summed E-state index contributed by atoms with van der Waals surface area (Å²) >= 11 is 0. The number of ether oxygens (including phenoxy) is 4. The Balaban J connectivity index is 1.59. The van der Waals surface area contributed by atoms with Crippen molar-refractivity contribution in [2.24, 2.45) is 5.92 Å². The highest BCUT2D eigenvalue weighted by atomic mass is 16.6. The van der Waals surface area contributed by atoms with Gasteiger partial charge in [-0.25, -0.2) is 0 Å². The van der Waals surface area contributed by atoms with E-state index in [2.05, 4.69) is 18.8 Å². The van der Waals surface area contributed by atoms with Gasteiger partial charge in [0, 0.05) is 24.5 Å². The molecule has 3 heterocycles. The third-order valence-corrected chi connectivity index (χ3v) is 6.89. The predicted molar refractivity (Wildman–Crippen MR) is 147 cm³/mol. The zero-order chi connectivity index (χ0) is 28.2. The third-order valence-electron chi connectivity index (χ3n) is 6.89. The number of fused-ring (bicyclic) bond motifs is 1. The number of rotatable bonds is 9. The first-order valence-electron chi connectivity index (χ1n) is 13.3. The number of carbonyl (C=O) groups is 2. The van der Waals surface area contributed by atoms with Gasteiger partial charge in [0.1, 0.15) is 19.0 Å². The van der Waals surface area contributed by atoms with E-state index in [0.29, 0.717) is 59.9 Å². The molecule has 1 unspecified atom stereocenters. The monoisotopic (exact) mass is 544 g/mol. The van der Waals surface area contributed by atoms with E-state index >= 15 is 0 Å². The van der Waals surface area contributed by atoms with Crippen LogP contribution in [0.5, 0.6) is 23.0 Å². The largest absolute Gasteiger partial charge is 0.507 e. The molecule has 0 bridgehead atoms. The van der Waals surface area contributed by atoms with Crippen LogP contribution in [-0.2, 0) is 16.1 Å². The van der Waals surface area contributed by atoms with Crippen molar-refractivity contribution < 1.29 is 33.6 Å². The SMILES string of the molecule is COc1cc(C2/C(=C(\O)c3ccc4c(c3)OCCO4)C(=O)C(=O)N2Cc2cccnc2)ccc1OCCC(C)C. The molecule has 1 fully saturated rings. The Labute approximate surface area is 233 Å². The molecule has 5 rings (SSSR count). The van der Waals surface area contributed by atoms with Crippen LogP contribution >= 0.6 is 0 Å². The fourth-order valence-corrected chi connectivity index (χ4v) is 4.80. The second kappa shape index (κ2) is 11.7. The highest BCUT2D eigenvalue weighted by Crippen LogP contribution is 2.43.